The molecule has 0 aliphatic carbocycles. The van der Waals surface area contributed by atoms with Gasteiger partial charge in [0.1, 0.15) is 28.9 Å². The number of rotatable bonds is 6. The molecule has 0 aliphatic rings. The van der Waals surface area contributed by atoms with Crippen molar-refractivity contribution in [2.45, 2.75) is 13.5 Å². The predicted molar refractivity (Wildman–Crippen MR) is 97.0 cm³/mol. The van der Waals surface area contributed by atoms with Crippen LogP contribution in [0.2, 0.25) is 0 Å². The Bertz CT molecular complexity index is 1010. The molecule has 2 N–H and O–H groups in total. The maximum Gasteiger partial charge on any atom is 0.348 e. The van der Waals surface area contributed by atoms with Gasteiger partial charge >= 0.3 is 5.97 Å². The summed E-state index contributed by atoms with van der Waals surface area (Å²) in [4.78, 5) is 23.5. The van der Waals surface area contributed by atoms with E-state index in [0.717, 1.165) is 23.5 Å². The van der Waals surface area contributed by atoms with E-state index in [1.165, 1.54) is 24.3 Å². The number of carbonyl (C=O) groups excluding carboxylic acids is 2. The molecular weight excluding hydrogens is 376 g/mol. The van der Waals surface area contributed by atoms with E-state index in [-0.39, 0.29) is 29.0 Å². The van der Waals surface area contributed by atoms with Crippen molar-refractivity contribution >= 4 is 33.3 Å². The van der Waals surface area contributed by atoms with Crippen LogP contribution in [0.25, 0.3) is 10.1 Å². The second-order valence-corrected chi connectivity index (χ2v) is 6.62. The van der Waals surface area contributed by atoms with Crippen LogP contribution in [-0.2, 0) is 11.3 Å². The van der Waals surface area contributed by atoms with Gasteiger partial charge in [-0.2, -0.15) is 0 Å². The summed E-state index contributed by atoms with van der Waals surface area (Å²) in [5.74, 6) is -2.30. The van der Waals surface area contributed by atoms with Crippen LogP contribution in [-0.4, -0.2) is 18.5 Å². The molecule has 27 heavy (non-hydrogen) atoms. The van der Waals surface area contributed by atoms with Crippen molar-refractivity contribution in [2.75, 3.05) is 6.61 Å². The monoisotopic (exact) mass is 391 g/mol. The van der Waals surface area contributed by atoms with Gasteiger partial charge < -0.3 is 15.2 Å². The van der Waals surface area contributed by atoms with Crippen LogP contribution < -0.4 is 10.5 Å². The molecule has 0 spiro atoms. The average molecular weight is 391 g/mol. The zero-order valence-corrected chi connectivity index (χ0v) is 15.1. The summed E-state index contributed by atoms with van der Waals surface area (Å²) >= 11 is 0.946. The largest absolute Gasteiger partial charge is 0.489 e. The summed E-state index contributed by atoms with van der Waals surface area (Å²) in [5.41, 5.74) is 5.78. The first-order chi connectivity index (χ1) is 12.9. The summed E-state index contributed by atoms with van der Waals surface area (Å²) in [6.07, 6.45) is 0. The highest BCUT2D eigenvalue weighted by atomic mass is 32.1. The molecular formula is C19H15F2NO4S. The van der Waals surface area contributed by atoms with E-state index in [1.54, 1.807) is 6.92 Å². The molecule has 2 aromatic carbocycles. The number of thiophene rings is 1. The highest BCUT2D eigenvalue weighted by Crippen LogP contribution is 2.35. The Labute approximate surface area is 157 Å². The van der Waals surface area contributed by atoms with Gasteiger partial charge in [-0.15, -0.1) is 11.3 Å². The van der Waals surface area contributed by atoms with Crippen molar-refractivity contribution in [2.24, 2.45) is 5.73 Å². The maximum absolute atomic E-state index is 14.3. The number of carbonyl (C=O) groups is 2. The van der Waals surface area contributed by atoms with Gasteiger partial charge in [0.05, 0.1) is 6.61 Å². The number of hydrogen-bond acceptors (Lipinski definition) is 5. The second-order valence-electron chi connectivity index (χ2n) is 5.57. The molecule has 0 fully saturated rings. The van der Waals surface area contributed by atoms with Gasteiger partial charge in [-0.25, -0.2) is 13.6 Å². The molecule has 1 aromatic heterocycles. The van der Waals surface area contributed by atoms with Gasteiger partial charge in [0.15, 0.2) is 0 Å². The Hall–Kier alpha value is -3.00. The number of nitrogens with two attached hydrogens (primary N) is 1. The SMILES string of the molecule is CCOC(=O)c1sc2cc(F)cc(F)c2c1COc1ccc(C(N)=O)cc1. The molecule has 8 heteroatoms. The van der Waals surface area contributed by atoms with E-state index < -0.39 is 23.5 Å². The Morgan fingerprint density at radius 1 is 1.15 bits per heavy atom. The lowest BCUT2D eigenvalue weighted by atomic mass is 10.1. The van der Waals surface area contributed by atoms with Crippen LogP contribution in [0.1, 0.15) is 32.5 Å². The topological polar surface area (TPSA) is 78.6 Å². The third kappa shape index (κ3) is 3.90. The number of halogens is 2. The Morgan fingerprint density at radius 2 is 1.85 bits per heavy atom. The third-order valence-electron chi connectivity index (χ3n) is 3.79. The van der Waals surface area contributed by atoms with Gasteiger partial charge in [0.25, 0.3) is 0 Å². The predicted octanol–water partition coefficient (Wildman–Crippen LogP) is 4.03. The van der Waals surface area contributed by atoms with Crippen molar-refractivity contribution < 1.29 is 27.8 Å². The van der Waals surface area contributed by atoms with Crippen LogP contribution >= 0.6 is 11.3 Å². The van der Waals surface area contributed by atoms with E-state index in [2.05, 4.69) is 0 Å². The van der Waals surface area contributed by atoms with Crippen molar-refractivity contribution in [1.29, 1.82) is 0 Å². The molecule has 3 aromatic rings. The fraction of sp³-hybridized carbons (Fsp3) is 0.158. The van der Waals surface area contributed by atoms with E-state index in [9.17, 15) is 18.4 Å². The first-order valence-corrected chi connectivity index (χ1v) is 8.82. The smallest absolute Gasteiger partial charge is 0.348 e. The second kappa shape index (κ2) is 7.71. The zero-order valence-electron chi connectivity index (χ0n) is 14.3. The van der Waals surface area contributed by atoms with Crippen LogP contribution in [0, 0.1) is 11.6 Å². The van der Waals surface area contributed by atoms with Gasteiger partial charge in [-0.1, -0.05) is 0 Å². The maximum atomic E-state index is 14.3. The van der Waals surface area contributed by atoms with E-state index >= 15 is 0 Å². The summed E-state index contributed by atoms with van der Waals surface area (Å²) in [6, 6.07) is 7.98. The minimum atomic E-state index is -0.778. The van der Waals surface area contributed by atoms with Crippen LogP contribution in [0.3, 0.4) is 0 Å². The van der Waals surface area contributed by atoms with Crippen molar-refractivity contribution in [3.05, 3.63) is 64.0 Å². The molecule has 0 bridgehead atoms. The first-order valence-electron chi connectivity index (χ1n) is 8.01. The fourth-order valence-electron chi connectivity index (χ4n) is 2.58. The fourth-order valence-corrected chi connectivity index (χ4v) is 3.72. The van der Waals surface area contributed by atoms with Crippen molar-refractivity contribution in [1.82, 2.24) is 0 Å². The van der Waals surface area contributed by atoms with Crippen molar-refractivity contribution in [3.63, 3.8) is 0 Å². The van der Waals surface area contributed by atoms with Gasteiger partial charge in [0.2, 0.25) is 5.91 Å². The molecule has 0 radical (unpaired) electrons. The van der Waals surface area contributed by atoms with E-state index in [0.29, 0.717) is 16.0 Å². The highest BCUT2D eigenvalue weighted by molar-refractivity contribution is 7.21. The molecule has 1 amide bonds. The molecule has 0 unspecified atom stereocenters. The summed E-state index contributed by atoms with van der Waals surface area (Å²) in [5, 5.41) is 0.123. The Balaban J connectivity index is 1.97. The molecule has 0 saturated carbocycles. The number of primary amides is 1. The lowest BCUT2D eigenvalue weighted by Gasteiger charge is -2.09. The Kier molecular flexibility index (Phi) is 5.36. The molecule has 0 saturated heterocycles. The number of hydrogen-bond donors (Lipinski definition) is 1. The highest BCUT2D eigenvalue weighted by Gasteiger charge is 2.23. The summed E-state index contributed by atoms with van der Waals surface area (Å²) in [7, 11) is 0. The normalized spacial score (nSPS) is 10.8. The van der Waals surface area contributed by atoms with Crippen molar-refractivity contribution in [3.8, 4) is 5.75 Å². The summed E-state index contributed by atoms with van der Waals surface area (Å²) in [6.45, 7) is 1.67. The number of benzene rings is 2. The van der Waals surface area contributed by atoms with E-state index in [1.807, 2.05) is 0 Å². The number of esters is 1. The Morgan fingerprint density at radius 3 is 2.48 bits per heavy atom. The molecule has 3 rings (SSSR count). The standard InChI is InChI=1S/C19H15F2NO4S/c1-2-25-19(24)17-13(16-14(21)7-11(20)8-15(16)27-17)9-26-12-5-3-10(4-6-12)18(22)23/h3-8H,2,9H2,1H3,(H2,22,23). The van der Waals surface area contributed by atoms with Gasteiger partial charge in [-0.3, -0.25) is 4.79 Å². The molecule has 5 nitrogen and oxygen atoms in total. The molecule has 0 aliphatic heterocycles. The molecule has 0 atom stereocenters. The number of fused-ring (bicyclic) bond motifs is 1. The minimum Gasteiger partial charge on any atom is -0.489 e. The summed E-state index contributed by atoms with van der Waals surface area (Å²) < 4.78 is 38.8. The molecule has 1 heterocycles. The number of ether oxygens (including phenoxy) is 2. The molecule has 140 valence electrons. The van der Waals surface area contributed by atoms with Crippen LogP contribution in [0.5, 0.6) is 5.75 Å². The average Bonchev–Trinajstić information content (AvgIpc) is 2.99. The van der Waals surface area contributed by atoms with Gasteiger partial charge in [-0.05, 0) is 37.3 Å². The van der Waals surface area contributed by atoms with Crippen LogP contribution in [0.4, 0.5) is 8.78 Å². The first kappa shape index (κ1) is 18.8. The third-order valence-corrected chi connectivity index (χ3v) is 4.95. The lowest BCUT2D eigenvalue weighted by molar-refractivity contribution is 0.0529. The quantitative estimate of drug-likeness (QED) is 0.644. The van der Waals surface area contributed by atoms with Gasteiger partial charge in [0, 0.05) is 27.3 Å². The van der Waals surface area contributed by atoms with Crippen LogP contribution in [0.15, 0.2) is 36.4 Å². The lowest BCUT2D eigenvalue weighted by Crippen LogP contribution is -2.10. The number of amides is 1. The zero-order chi connectivity index (χ0) is 19.6. The minimum absolute atomic E-state index is 0.123. The van der Waals surface area contributed by atoms with E-state index in [4.69, 9.17) is 15.2 Å².